The number of sulfonamides is 1. The first kappa shape index (κ1) is 19.1. The number of anilines is 1. The Bertz CT molecular complexity index is 974. The Morgan fingerprint density at radius 3 is 2.79 bits per heavy atom. The minimum atomic E-state index is -3.73. The summed E-state index contributed by atoms with van der Waals surface area (Å²) in [4.78, 5) is 18.0. The molecule has 2 aliphatic heterocycles. The molecule has 0 radical (unpaired) electrons. The predicted octanol–water partition coefficient (Wildman–Crippen LogP) is 2.67. The summed E-state index contributed by atoms with van der Waals surface area (Å²) in [6, 6.07) is 4.65. The van der Waals surface area contributed by atoms with E-state index >= 15 is 0 Å². The second kappa shape index (κ2) is 7.29. The summed E-state index contributed by atoms with van der Waals surface area (Å²) in [6.07, 6.45) is 5.23. The van der Waals surface area contributed by atoms with Crippen molar-refractivity contribution in [2.45, 2.75) is 62.9 Å². The molecule has 1 fully saturated rings. The molecule has 2 aromatic rings. The van der Waals surface area contributed by atoms with Crippen LogP contribution in [0.4, 0.5) is 5.69 Å². The summed E-state index contributed by atoms with van der Waals surface area (Å²) < 4.78 is 33.4. The normalized spacial score (nSPS) is 23.4. The van der Waals surface area contributed by atoms with Crippen LogP contribution in [-0.2, 0) is 21.2 Å². The summed E-state index contributed by atoms with van der Waals surface area (Å²) in [5.41, 5.74) is 1.68. The quantitative estimate of drug-likeness (QED) is 0.780. The molecule has 0 bridgehead atoms. The molecule has 1 aromatic carbocycles. The molecule has 150 valence electrons. The highest BCUT2D eigenvalue weighted by Gasteiger charge is 2.37. The van der Waals surface area contributed by atoms with Crippen LogP contribution in [-0.4, -0.2) is 41.4 Å². The van der Waals surface area contributed by atoms with Gasteiger partial charge in [0.2, 0.25) is 22.3 Å². The Labute approximate surface area is 164 Å². The first-order valence-electron chi connectivity index (χ1n) is 9.60. The highest BCUT2D eigenvalue weighted by molar-refractivity contribution is 7.89. The molecule has 0 saturated carbocycles. The van der Waals surface area contributed by atoms with Gasteiger partial charge in [-0.3, -0.25) is 4.79 Å². The van der Waals surface area contributed by atoms with Crippen LogP contribution in [0, 0.1) is 0 Å². The van der Waals surface area contributed by atoms with Crippen molar-refractivity contribution in [1.29, 1.82) is 0 Å². The van der Waals surface area contributed by atoms with Crippen LogP contribution < -0.4 is 4.90 Å². The van der Waals surface area contributed by atoms with E-state index in [1.54, 1.807) is 23.1 Å². The van der Waals surface area contributed by atoms with Crippen molar-refractivity contribution in [3.63, 3.8) is 0 Å². The zero-order valence-corrected chi connectivity index (χ0v) is 16.9. The van der Waals surface area contributed by atoms with Crippen molar-refractivity contribution >= 4 is 21.6 Å². The molecule has 9 heteroatoms. The summed E-state index contributed by atoms with van der Waals surface area (Å²) in [6.45, 7) is 3.92. The molecule has 0 unspecified atom stereocenters. The van der Waals surface area contributed by atoms with Crippen molar-refractivity contribution < 1.29 is 17.7 Å². The lowest BCUT2D eigenvalue weighted by molar-refractivity contribution is -0.116. The third-order valence-electron chi connectivity index (χ3n) is 5.59. The van der Waals surface area contributed by atoms with Crippen LogP contribution >= 0.6 is 0 Å². The monoisotopic (exact) mass is 404 g/mol. The second-order valence-electron chi connectivity index (χ2n) is 7.50. The van der Waals surface area contributed by atoms with E-state index in [-0.39, 0.29) is 16.8 Å². The van der Waals surface area contributed by atoms with Gasteiger partial charge in [-0.1, -0.05) is 18.0 Å². The molecule has 1 aromatic heterocycles. The van der Waals surface area contributed by atoms with Crippen molar-refractivity contribution in [2.24, 2.45) is 0 Å². The van der Waals surface area contributed by atoms with Gasteiger partial charge in [-0.25, -0.2) is 8.42 Å². The fourth-order valence-electron chi connectivity index (χ4n) is 4.34. The Morgan fingerprint density at radius 2 is 2.07 bits per heavy atom. The molecule has 4 rings (SSSR count). The number of aromatic nitrogens is 2. The molecule has 0 spiro atoms. The van der Waals surface area contributed by atoms with Gasteiger partial charge in [0, 0.05) is 25.2 Å². The van der Waals surface area contributed by atoms with Crippen LogP contribution in [0.3, 0.4) is 0 Å². The highest BCUT2D eigenvalue weighted by Crippen LogP contribution is 2.37. The second-order valence-corrected chi connectivity index (χ2v) is 9.39. The summed E-state index contributed by atoms with van der Waals surface area (Å²) in [7, 11) is -3.73. The smallest absolute Gasteiger partial charge is 0.243 e. The minimum Gasteiger partial charge on any atom is -0.343 e. The van der Waals surface area contributed by atoms with Crippen molar-refractivity contribution in [3.05, 3.63) is 36.0 Å². The van der Waals surface area contributed by atoms with Crippen molar-refractivity contribution in [1.82, 2.24) is 14.4 Å². The van der Waals surface area contributed by atoms with Crippen LogP contribution in [0.15, 0.2) is 34.0 Å². The standard InChI is InChI=1S/C19H24N4O4S/c1-13-10-15-11-16(7-8-17(15)23(13)14(2)24)28(25,26)22-9-5-3-4-6-18(22)19-20-12-27-21-19/h7-8,11-13,18H,3-6,9-10H2,1-2H3/t13-,18-/m1/s1. The van der Waals surface area contributed by atoms with E-state index in [4.69, 9.17) is 4.52 Å². The number of carbonyl (C=O) groups is 1. The lowest BCUT2D eigenvalue weighted by atomic mass is 10.1. The molecular formula is C19H24N4O4S. The molecule has 2 aliphatic rings. The van der Waals surface area contributed by atoms with E-state index in [9.17, 15) is 13.2 Å². The maximum absolute atomic E-state index is 13.5. The zero-order valence-electron chi connectivity index (χ0n) is 16.0. The average molecular weight is 404 g/mol. The Hall–Kier alpha value is -2.26. The number of carbonyl (C=O) groups excluding carboxylic acids is 1. The molecule has 8 nitrogen and oxygen atoms in total. The first-order valence-corrected chi connectivity index (χ1v) is 11.0. The van der Waals surface area contributed by atoms with Gasteiger partial charge in [0.1, 0.15) is 0 Å². The van der Waals surface area contributed by atoms with E-state index in [0.717, 1.165) is 30.5 Å². The third-order valence-corrected chi connectivity index (χ3v) is 7.50. The number of hydrogen-bond acceptors (Lipinski definition) is 6. The predicted molar refractivity (Wildman–Crippen MR) is 102 cm³/mol. The first-order chi connectivity index (χ1) is 13.4. The lowest BCUT2D eigenvalue weighted by Gasteiger charge is -2.27. The average Bonchev–Trinajstić information content (AvgIpc) is 3.21. The van der Waals surface area contributed by atoms with Gasteiger partial charge in [0.15, 0.2) is 5.82 Å². The lowest BCUT2D eigenvalue weighted by Crippen LogP contribution is -2.35. The number of benzene rings is 1. The maximum Gasteiger partial charge on any atom is 0.243 e. The number of hydrogen-bond donors (Lipinski definition) is 0. The largest absolute Gasteiger partial charge is 0.343 e. The topological polar surface area (TPSA) is 96.6 Å². The molecule has 0 N–H and O–H groups in total. The maximum atomic E-state index is 13.5. The van der Waals surface area contributed by atoms with Gasteiger partial charge in [-0.15, -0.1) is 0 Å². The fraction of sp³-hybridized carbons (Fsp3) is 0.526. The van der Waals surface area contributed by atoms with Gasteiger partial charge in [0.05, 0.1) is 10.9 Å². The summed E-state index contributed by atoms with van der Waals surface area (Å²) >= 11 is 0. The third kappa shape index (κ3) is 3.22. The van der Waals surface area contributed by atoms with Gasteiger partial charge >= 0.3 is 0 Å². The van der Waals surface area contributed by atoms with Crippen LogP contribution in [0.5, 0.6) is 0 Å². The van der Waals surface area contributed by atoms with Crippen LogP contribution in [0.1, 0.15) is 57.0 Å². The van der Waals surface area contributed by atoms with E-state index in [1.165, 1.54) is 17.6 Å². The van der Waals surface area contributed by atoms with E-state index in [0.29, 0.717) is 25.2 Å². The number of rotatable bonds is 3. The molecule has 28 heavy (non-hydrogen) atoms. The van der Waals surface area contributed by atoms with Gasteiger partial charge < -0.3 is 9.42 Å². The molecule has 1 saturated heterocycles. The molecule has 1 amide bonds. The fourth-order valence-corrected chi connectivity index (χ4v) is 6.04. The van der Waals surface area contributed by atoms with Crippen LogP contribution in [0.2, 0.25) is 0 Å². The van der Waals surface area contributed by atoms with E-state index < -0.39 is 16.1 Å². The van der Waals surface area contributed by atoms with E-state index in [1.807, 2.05) is 6.92 Å². The van der Waals surface area contributed by atoms with Gasteiger partial charge in [0.25, 0.3) is 0 Å². The van der Waals surface area contributed by atoms with Crippen molar-refractivity contribution in [3.8, 4) is 0 Å². The molecule has 3 heterocycles. The van der Waals surface area contributed by atoms with Crippen molar-refractivity contribution in [2.75, 3.05) is 11.4 Å². The summed E-state index contributed by atoms with van der Waals surface area (Å²) in [5, 5.41) is 3.90. The molecule has 2 atom stereocenters. The Kier molecular flexibility index (Phi) is 4.96. The Balaban J connectivity index is 1.72. The SMILES string of the molecule is CC(=O)N1c2ccc(S(=O)(=O)N3CCCCC[C@@H]3c3ncon3)cc2C[C@H]1C. The number of fused-ring (bicyclic) bond motifs is 1. The van der Waals surface area contributed by atoms with Gasteiger partial charge in [-0.2, -0.15) is 9.29 Å². The zero-order chi connectivity index (χ0) is 19.9. The molecule has 0 aliphatic carbocycles. The Morgan fingerprint density at radius 1 is 1.25 bits per heavy atom. The highest BCUT2D eigenvalue weighted by atomic mass is 32.2. The number of amides is 1. The molecular weight excluding hydrogens is 380 g/mol. The summed E-state index contributed by atoms with van der Waals surface area (Å²) in [5.74, 6) is 0.370. The number of nitrogens with zero attached hydrogens (tertiary/aromatic N) is 4. The van der Waals surface area contributed by atoms with Gasteiger partial charge in [-0.05, 0) is 49.9 Å². The van der Waals surface area contributed by atoms with E-state index in [2.05, 4.69) is 10.1 Å². The van der Waals surface area contributed by atoms with Crippen LogP contribution in [0.25, 0.3) is 0 Å². The minimum absolute atomic E-state index is 0.0238.